The predicted octanol–water partition coefficient (Wildman–Crippen LogP) is -0.00180. The Morgan fingerprint density at radius 3 is 1.70 bits per heavy atom. The molecule has 0 aromatic rings. The summed E-state index contributed by atoms with van der Waals surface area (Å²) in [5.41, 5.74) is 0. The third-order valence-corrected chi connectivity index (χ3v) is 0.524. The second-order valence-electron chi connectivity index (χ2n) is 1.12. The molecule has 0 saturated carbocycles. The highest BCUT2D eigenvalue weighted by atomic mass is 16.7. The standard InChI is InChI=1S/C5H10O3.H4N2/c1-3-7-5(6)8-4-2;1-2/h3-4H2,1-2H3;1-2H2. The van der Waals surface area contributed by atoms with Crippen molar-refractivity contribution in [3.63, 3.8) is 0 Å². The van der Waals surface area contributed by atoms with E-state index >= 15 is 0 Å². The predicted molar refractivity (Wildman–Crippen MR) is 37.0 cm³/mol. The maximum Gasteiger partial charge on any atom is 0.508 e. The molecule has 5 heteroatoms. The van der Waals surface area contributed by atoms with E-state index in [-0.39, 0.29) is 0 Å². The summed E-state index contributed by atoms with van der Waals surface area (Å²) in [5, 5.41) is 0. The first-order chi connectivity index (χ1) is 4.81. The van der Waals surface area contributed by atoms with Crippen molar-refractivity contribution >= 4 is 6.16 Å². The van der Waals surface area contributed by atoms with E-state index in [2.05, 4.69) is 21.2 Å². The summed E-state index contributed by atoms with van der Waals surface area (Å²) in [7, 11) is 0. The molecule has 5 nitrogen and oxygen atoms in total. The average Bonchev–Trinajstić information content (AvgIpc) is 1.93. The van der Waals surface area contributed by atoms with Gasteiger partial charge in [-0.25, -0.2) is 4.79 Å². The second kappa shape index (κ2) is 11.0. The van der Waals surface area contributed by atoms with E-state index in [0.29, 0.717) is 13.2 Å². The number of carbonyl (C=O) groups is 1. The van der Waals surface area contributed by atoms with Crippen LogP contribution in [0, 0.1) is 0 Å². The summed E-state index contributed by atoms with van der Waals surface area (Å²) in [5.74, 6) is 8.00. The van der Waals surface area contributed by atoms with Gasteiger partial charge in [0.25, 0.3) is 0 Å². The molecule has 0 fully saturated rings. The fourth-order valence-electron chi connectivity index (χ4n) is 0.277. The summed E-state index contributed by atoms with van der Waals surface area (Å²) in [6.07, 6.45) is -0.588. The van der Waals surface area contributed by atoms with E-state index in [4.69, 9.17) is 0 Å². The van der Waals surface area contributed by atoms with Crippen LogP contribution in [0.1, 0.15) is 13.8 Å². The van der Waals surface area contributed by atoms with Gasteiger partial charge in [-0.1, -0.05) is 0 Å². The monoisotopic (exact) mass is 150 g/mol. The zero-order valence-electron chi connectivity index (χ0n) is 6.29. The number of hydrogen-bond acceptors (Lipinski definition) is 5. The molecule has 0 radical (unpaired) electrons. The van der Waals surface area contributed by atoms with Gasteiger partial charge in [-0.3, -0.25) is 11.7 Å². The highest BCUT2D eigenvalue weighted by Gasteiger charge is 1.96. The van der Waals surface area contributed by atoms with Crippen LogP contribution in [0.3, 0.4) is 0 Å². The molecule has 0 heterocycles. The zero-order chi connectivity index (χ0) is 8.41. The molecule has 0 aromatic carbocycles. The summed E-state index contributed by atoms with van der Waals surface area (Å²) in [4.78, 5) is 10.2. The minimum Gasteiger partial charge on any atom is -0.435 e. The average molecular weight is 150 g/mol. The van der Waals surface area contributed by atoms with Crippen molar-refractivity contribution in [1.82, 2.24) is 0 Å². The minimum atomic E-state index is -0.588. The van der Waals surface area contributed by atoms with Gasteiger partial charge in [0.2, 0.25) is 0 Å². The fraction of sp³-hybridized carbons (Fsp3) is 0.800. The van der Waals surface area contributed by atoms with E-state index in [9.17, 15) is 4.79 Å². The van der Waals surface area contributed by atoms with Crippen LogP contribution in [0.5, 0.6) is 0 Å². The number of hydrazine groups is 1. The van der Waals surface area contributed by atoms with Gasteiger partial charge in [-0.2, -0.15) is 0 Å². The van der Waals surface area contributed by atoms with Crippen molar-refractivity contribution in [3.05, 3.63) is 0 Å². The van der Waals surface area contributed by atoms with Crippen molar-refractivity contribution < 1.29 is 14.3 Å². The van der Waals surface area contributed by atoms with Gasteiger partial charge in [0.05, 0.1) is 13.2 Å². The molecule has 0 bridgehead atoms. The molecular formula is C5H14N2O3. The van der Waals surface area contributed by atoms with Crippen LogP contribution in [-0.2, 0) is 9.47 Å². The Bertz CT molecular complexity index is 69.3. The third kappa shape index (κ3) is 10.2. The van der Waals surface area contributed by atoms with E-state index in [1.54, 1.807) is 13.8 Å². The molecule has 0 saturated heterocycles. The van der Waals surface area contributed by atoms with Crippen LogP contribution in [-0.4, -0.2) is 19.4 Å². The lowest BCUT2D eigenvalue weighted by atomic mass is 10.8. The maximum atomic E-state index is 10.2. The van der Waals surface area contributed by atoms with Crippen molar-refractivity contribution in [2.45, 2.75) is 13.8 Å². The molecule has 0 aromatic heterocycles. The fourth-order valence-corrected chi connectivity index (χ4v) is 0.277. The van der Waals surface area contributed by atoms with Crippen LogP contribution in [0.25, 0.3) is 0 Å². The number of nitrogens with two attached hydrogens (primary N) is 2. The SMILES string of the molecule is CCOC(=O)OCC.NN. The van der Waals surface area contributed by atoms with E-state index in [1.807, 2.05) is 0 Å². The van der Waals surface area contributed by atoms with Crippen LogP contribution in [0.4, 0.5) is 4.79 Å². The largest absolute Gasteiger partial charge is 0.508 e. The van der Waals surface area contributed by atoms with Gasteiger partial charge in [0.1, 0.15) is 0 Å². The molecule has 0 aliphatic carbocycles. The normalized spacial score (nSPS) is 7.20. The summed E-state index contributed by atoms with van der Waals surface area (Å²) in [6, 6.07) is 0. The second-order valence-corrected chi connectivity index (χ2v) is 1.12. The molecule has 10 heavy (non-hydrogen) atoms. The Morgan fingerprint density at radius 1 is 1.20 bits per heavy atom. The molecule has 0 spiro atoms. The van der Waals surface area contributed by atoms with Crippen LogP contribution in [0.15, 0.2) is 0 Å². The Balaban J connectivity index is 0. The van der Waals surface area contributed by atoms with Gasteiger partial charge < -0.3 is 9.47 Å². The molecule has 0 atom stereocenters. The Morgan fingerprint density at radius 2 is 1.50 bits per heavy atom. The Labute approximate surface area is 60.2 Å². The van der Waals surface area contributed by atoms with E-state index < -0.39 is 6.16 Å². The van der Waals surface area contributed by atoms with Gasteiger partial charge in [-0.15, -0.1) is 0 Å². The maximum absolute atomic E-state index is 10.2. The first-order valence-corrected chi connectivity index (χ1v) is 2.94. The van der Waals surface area contributed by atoms with Crippen molar-refractivity contribution in [3.8, 4) is 0 Å². The van der Waals surface area contributed by atoms with Gasteiger partial charge in [0, 0.05) is 0 Å². The molecule has 4 N–H and O–H groups in total. The lowest BCUT2D eigenvalue weighted by molar-refractivity contribution is 0.0630. The van der Waals surface area contributed by atoms with Crippen LogP contribution < -0.4 is 11.7 Å². The van der Waals surface area contributed by atoms with Crippen molar-refractivity contribution in [1.29, 1.82) is 0 Å². The highest BCUT2D eigenvalue weighted by molar-refractivity contribution is 5.59. The minimum absolute atomic E-state index is 0.374. The molecule has 0 aliphatic heterocycles. The molecule has 0 aliphatic rings. The van der Waals surface area contributed by atoms with Gasteiger partial charge in [0.15, 0.2) is 0 Å². The Kier molecular flexibility index (Phi) is 13.2. The molecular weight excluding hydrogens is 136 g/mol. The number of ether oxygens (including phenoxy) is 2. The molecule has 0 rings (SSSR count). The van der Waals surface area contributed by atoms with Crippen LogP contribution >= 0.6 is 0 Å². The topological polar surface area (TPSA) is 87.6 Å². The number of carbonyl (C=O) groups excluding carboxylic acids is 1. The zero-order valence-corrected chi connectivity index (χ0v) is 6.29. The molecule has 0 unspecified atom stereocenters. The first kappa shape index (κ1) is 11.9. The molecule has 62 valence electrons. The first-order valence-electron chi connectivity index (χ1n) is 2.94. The van der Waals surface area contributed by atoms with Crippen molar-refractivity contribution in [2.75, 3.05) is 13.2 Å². The number of hydrogen-bond donors (Lipinski definition) is 2. The van der Waals surface area contributed by atoms with Crippen LogP contribution in [0.2, 0.25) is 0 Å². The highest BCUT2D eigenvalue weighted by Crippen LogP contribution is 1.81. The lowest BCUT2D eigenvalue weighted by Gasteiger charge is -1.98. The Hall–Kier alpha value is -0.810. The number of rotatable bonds is 2. The van der Waals surface area contributed by atoms with Crippen molar-refractivity contribution in [2.24, 2.45) is 11.7 Å². The summed E-state index contributed by atoms with van der Waals surface area (Å²) < 4.78 is 8.84. The van der Waals surface area contributed by atoms with E-state index in [1.165, 1.54) is 0 Å². The third-order valence-electron chi connectivity index (χ3n) is 0.524. The van der Waals surface area contributed by atoms with E-state index in [0.717, 1.165) is 0 Å². The molecule has 0 amide bonds. The van der Waals surface area contributed by atoms with Gasteiger partial charge in [-0.05, 0) is 13.8 Å². The summed E-state index contributed by atoms with van der Waals surface area (Å²) >= 11 is 0. The quantitative estimate of drug-likeness (QED) is 0.328. The lowest BCUT2D eigenvalue weighted by Crippen LogP contribution is -2.05. The smallest absolute Gasteiger partial charge is 0.435 e. The van der Waals surface area contributed by atoms with Gasteiger partial charge >= 0.3 is 6.16 Å². The summed E-state index contributed by atoms with van der Waals surface area (Å²) in [6.45, 7) is 4.21.